The van der Waals surface area contributed by atoms with Crippen molar-refractivity contribution in [3.63, 3.8) is 0 Å². The van der Waals surface area contributed by atoms with Crippen LogP contribution in [0.25, 0.3) is 0 Å². The first kappa shape index (κ1) is 19.5. The zero-order chi connectivity index (χ0) is 18.7. The van der Waals surface area contributed by atoms with Crippen LogP contribution in [0.15, 0.2) is 23.1 Å². The van der Waals surface area contributed by atoms with E-state index in [1.165, 1.54) is 14.1 Å². The Balaban J connectivity index is 3.76. The van der Waals surface area contributed by atoms with Gasteiger partial charge in [0.1, 0.15) is 0 Å². The summed E-state index contributed by atoms with van der Waals surface area (Å²) in [5.74, 6) is -3.79. The first-order valence-electron chi connectivity index (χ1n) is 6.44. The molecule has 0 aromatic heterocycles. The van der Waals surface area contributed by atoms with E-state index in [0.29, 0.717) is 0 Å². The SMILES string of the molecule is COC(=O)C(C(=O)OC)c1ccc([N+](=O)[O-])cc1S(=O)(=O)N(C)C. The Morgan fingerprint density at radius 1 is 1.17 bits per heavy atom. The van der Waals surface area contributed by atoms with Crippen LogP contribution in [0.3, 0.4) is 0 Å². The molecule has 0 unspecified atom stereocenters. The van der Waals surface area contributed by atoms with Crippen molar-refractivity contribution in [2.24, 2.45) is 0 Å². The number of sulfonamides is 1. The zero-order valence-corrected chi connectivity index (χ0v) is 14.2. The van der Waals surface area contributed by atoms with Crippen molar-refractivity contribution in [2.45, 2.75) is 10.8 Å². The molecule has 0 aliphatic heterocycles. The highest BCUT2D eigenvalue weighted by Crippen LogP contribution is 2.31. The highest BCUT2D eigenvalue weighted by Gasteiger charge is 2.37. The third-order valence-corrected chi connectivity index (χ3v) is 5.02. The van der Waals surface area contributed by atoms with Crippen LogP contribution >= 0.6 is 0 Å². The van der Waals surface area contributed by atoms with Gasteiger partial charge in [0, 0.05) is 26.2 Å². The van der Waals surface area contributed by atoms with Crippen LogP contribution < -0.4 is 0 Å². The number of carbonyl (C=O) groups excluding carboxylic acids is 2. The summed E-state index contributed by atoms with van der Waals surface area (Å²) in [7, 11) is 0.280. The van der Waals surface area contributed by atoms with Gasteiger partial charge in [0.05, 0.1) is 24.0 Å². The van der Waals surface area contributed by atoms with Crippen LogP contribution in [0.4, 0.5) is 5.69 Å². The van der Waals surface area contributed by atoms with Gasteiger partial charge in [-0.05, 0) is 11.6 Å². The van der Waals surface area contributed by atoms with Crippen molar-refractivity contribution in [2.75, 3.05) is 28.3 Å². The molecule has 0 aliphatic rings. The number of methoxy groups -OCH3 is 2. The van der Waals surface area contributed by atoms with E-state index in [1.54, 1.807) is 0 Å². The summed E-state index contributed by atoms with van der Waals surface area (Å²) < 4.78 is 34.7. The molecule has 132 valence electrons. The fraction of sp³-hybridized carbons (Fsp3) is 0.385. The van der Waals surface area contributed by atoms with Crippen molar-refractivity contribution in [3.05, 3.63) is 33.9 Å². The number of rotatable bonds is 6. The van der Waals surface area contributed by atoms with Crippen molar-refractivity contribution < 1.29 is 32.4 Å². The standard InChI is InChI=1S/C13H16N2O8S/c1-14(2)24(20,21)10-7-8(15(18)19)5-6-9(10)11(12(16)22-3)13(17)23-4/h5-7,11H,1-4H3. The summed E-state index contributed by atoms with van der Waals surface area (Å²) in [6.45, 7) is 0. The molecular weight excluding hydrogens is 344 g/mol. The Hall–Kier alpha value is -2.53. The summed E-state index contributed by atoms with van der Waals surface area (Å²) in [5.41, 5.74) is -0.777. The highest BCUT2D eigenvalue weighted by atomic mass is 32.2. The molecule has 0 saturated carbocycles. The number of hydrogen-bond acceptors (Lipinski definition) is 8. The molecule has 0 amide bonds. The molecule has 0 radical (unpaired) electrons. The predicted molar refractivity (Wildman–Crippen MR) is 80.7 cm³/mol. The van der Waals surface area contributed by atoms with Gasteiger partial charge >= 0.3 is 11.9 Å². The fourth-order valence-electron chi connectivity index (χ4n) is 1.88. The number of nitro benzene ring substituents is 1. The molecular formula is C13H16N2O8S. The number of non-ortho nitro benzene ring substituents is 1. The van der Waals surface area contributed by atoms with E-state index >= 15 is 0 Å². The van der Waals surface area contributed by atoms with Crippen LogP contribution in [0, 0.1) is 10.1 Å². The fourth-order valence-corrected chi connectivity index (χ4v) is 3.03. The van der Waals surface area contributed by atoms with Gasteiger partial charge < -0.3 is 9.47 Å². The summed E-state index contributed by atoms with van der Waals surface area (Å²) in [6, 6.07) is 2.79. The van der Waals surface area contributed by atoms with Crippen LogP contribution in [-0.2, 0) is 29.1 Å². The van der Waals surface area contributed by atoms with Gasteiger partial charge in [-0.3, -0.25) is 19.7 Å². The highest BCUT2D eigenvalue weighted by molar-refractivity contribution is 7.89. The quantitative estimate of drug-likeness (QED) is 0.305. The van der Waals surface area contributed by atoms with E-state index in [2.05, 4.69) is 9.47 Å². The number of esters is 2. The number of benzene rings is 1. The second-order valence-electron chi connectivity index (χ2n) is 4.75. The summed E-state index contributed by atoms with van der Waals surface area (Å²) in [4.78, 5) is 33.4. The lowest BCUT2D eigenvalue weighted by Gasteiger charge is -2.19. The monoisotopic (exact) mass is 360 g/mol. The van der Waals surface area contributed by atoms with E-state index in [9.17, 15) is 28.1 Å². The third kappa shape index (κ3) is 3.68. The number of nitro groups is 1. The van der Waals surface area contributed by atoms with Gasteiger partial charge in [0.25, 0.3) is 5.69 Å². The van der Waals surface area contributed by atoms with E-state index in [0.717, 1.165) is 36.7 Å². The second-order valence-corrected chi connectivity index (χ2v) is 6.87. The summed E-state index contributed by atoms with van der Waals surface area (Å²) in [6.07, 6.45) is 0. The van der Waals surface area contributed by atoms with Crippen molar-refractivity contribution >= 4 is 27.6 Å². The Morgan fingerprint density at radius 2 is 1.67 bits per heavy atom. The van der Waals surface area contributed by atoms with E-state index < -0.39 is 43.4 Å². The van der Waals surface area contributed by atoms with Crippen molar-refractivity contribution in [3.8, 4) is 0 Å². The molecule has 0 N–H and O–H groups in total. The molecule has 1 aromatic rings. The lowest BCUT2D eigenvalue weighted by atomic mass is 9.99. The molecule has 1 aromatic carbocycles. The molecule has 1 rings (SSSR count). The average Bonchev–Trinajstić information content (AvgIpc) is 2.54. The lowest BCUT2D eigenvalue weighted by Crippen LogP contribution is -2.29. The maximum Gasteiger partial charge on any atom is 0.324 e. The van der Waals surface area contributed by atoms with Crippen molar-refractivity contribution in [1.82, 2.24) is 4.31 Å². The molecule has 10 nitrogen and oxygen atoms in total. The summed E-state index contributed by atoms with van der Waals surface area (Å²) >= 11 is 0. The Kier molecular flexibility index (Phi) is 5.99. The topological polar surface area (TPSA) is 133 Å². The minimum Gasteiger partial charge on any atom is -0.468 e. The largest absolute Gasteiger partial charge is 0.468 e. The van der Waals surface area contributed by atoms with Crippen LogP contribution in [0.2, 0.25) is 0 Å². The molecule has 0 atom stereocenters. The smallest absolute Gasteiger partial charge is 0.324 e. The second kappa shape index (κ2) is 7.36. The summed E-state index contributed by atoms with van der Waals surface area (Å²) in [5, 5.41) is 10.9. The maximum atomic E-state index is 12.5. The maximum absolute atomic E-state index is 12.5. The minimum absolute atomic E-state index is 0.270. The average molecular weight is 360 g/mol. The molecule has 0 fully saturated rings. The molecule has 0 aliphatic carbocycles. The number of nitrogens with zero attached hydrogens (tertiary/aromatic N) is 2. The van der Waals surface area contributed by atoms with E-state index in [-0.39, 0.29) is 5.56 Å². The van der Waals surface area contributed by atoms with Gasteiger partial charge in [0.15, 0.2) is 5.92 Å². The van der Waals surface area contributed by atoms with Crippen LogP contribution in [0.1, 0.15) is 11.5 Å². The van der Waals surface area contributed by atoms with E-state index in [1.807, 2.05) is 0 Å². The molecule has 11 heteroatoms. The molecule has 0 bridgehead atoms. The predicted octanol–water partition coefficient (Wildman–Crippen LogP) is 0.275. The molecule has 0 spiro atoms. The lowest BCUT2D eigenvalue weighted by molar-refractivity contribution is -0.385. The third-order valence-electron chi connectivity index (χ3n) is 3.15. The first-order valence-corrected chi connectivity index (χ1v) is 7.88. The van der Waals surface area contributed by atoms with Gasteiger partial charge in [-0.15, -0.1) is 0 Å². The van der Waals surface area contributed by atoms with Gasteiger partial charge in [-0.1, -0.05) is 0 Å². The van der Waals surface area contributed by atoms with Crippen molar-refractivity contribution in [1.29, 1.82) is 0 Å². The van der Waals surface area contributed by atoms with Gasteiger partial charge in [-0.2, -0.15) is 0 Å². The van der Waals surface area contributed by atoms with Gasteiger partial charge in [0.2, 0.25) is 10.0 Å². The van der Waals surface area contributed by atoms with Crippen LogP contribution in [0.5, 0.6) is 0 Å². The molecule has 0 heterocycles. The Morgan fingerprint density at radius 3 is 2.04 bits per heavy atom. The number of ether oxygens (including phenoxy) is 2. The number of carbonyl (C=O) groups is 2. The van der Waals surface area contributed by atoms with Gasteiger partial charge in [-0.25, -0.2) is 12.7 Å². The van der Waals surface area contributed by atoms with E-state index in [4.69, 9.17) is 0 Å². The molecule has 0 saturated heterocycles. The first-order chi connectivity index (χ1) is 11.1. The van der Waals surface area contributed by atoms with Crippen LogP contribution in [-0.4, -0.2) is 57.9 Å². The molecule has 24 heavy (non-hydrogen) atoms. The Labute approximate surface area is 138 Å². The normalized spacial score (nSPS) is 11.4. The zero-order valence-electron chi connectivity index (χ0n) is 13.4. The Bertz CT molecular complexity index is 756. The minimum atomic E-state index is -4.18. The number of hydrogen-bond donors (Lipinski definition) is 0.